The van der Waals surface area contributed by atoms with E-state index in [0.717, 1.165) is 29.7 Å². The van der Waals surface area contributed by atoms with E-state index in [0.29, 0.717) is 17.8 Å². The van der Waals surface area contributed by atoms with Crippen molar-refractivity contribution >= 4 is 29.0 Å². The third-order valence-electron chi connectivity index (χ3n) is 5.31. The summed E-state index contributed by atoms with van der Waals surface area (Å²) in [6.07, 6.45) is 1.83. The summed E-state index contributed by atoms with van der Waals surface area (Å²) in [6, 6.07) is 13.1. The van der Waals surface area contributed by atoms with Gasteiger partial charge < -0.3 is 10.2 Å². The molecule has 3 rings (SSSR count). The molecule has 0 aliphatic carbocycles. The Hall–Kier alpha value is -2.95. The van der Waals surface area contributed by atoms with Gasteiger partial charge >= 0.3 is 0 Å². The molecule has 28 heavy (non-hydrogen) atoms. The summed E-state index contributed by atoms with van der Waals surface area (Å²) in [4.78, 5) is 38.7. The molecule has 1 atom stereocenters. The molecule has 146 valence electrons. The fourth-order valence-electron chi connectivity index (χ4n) is 3.65. The van der Waals surface area contributed by atoms with Crippen LogP contribution in [-0.4, -0.2) is 24.1 Å². The summed E-state index contributed by atoms with van der Waals surface area (Å²) in [6.45, 7) is 5.94. The molecule has 2 aromatic carbocycles. The lowest BCUT2D eigenvalue weighted by atomic mass is 10.0. The summed E-state index contributed by atoms with van der Waals surface area (Å²) < 4.78 is 0. The first-order valence-corrected chi connectivity index (χ1v) is 9.77. The SMILES string of the molecule is CCc1cccc(CC)c1NC(=O)C1CC(=O)N(c2cccc(C(C)=O)c2)C1. The van der Waals surface area contributed by atoms with Gasteiger partial charge in [0.2, 0.25) is 11.8 Å². The molecular weight excluding hydrogens is 352 g/mol. The molecule has 1 aliphatic heterocycles. The first-order chi connectivity index (χ1) is 13.4. The van der Waals surface area contributed by atoms with E-state index >= 15 is 0 Å². The molecule has 5 nitrogen and oxygen atoms in total. The van der Waals surface area contributed by atoms with Crippen LogP contribution in [-0.2, 0) is 22.4 Å². The van der Waals surface area contributed by atoms with Crippen LogP contribution in [0.2, 0.25) is 0 Å². The van der Waals surface area contributed by atoms with E-state index < -0.39 is 5.92 Å². The third kappa shape index (κ3) is 3.98. The van der Waals surface area contributed by atoms with Crippen LogP contribution < -0.4 is 10.2 Å². The number of Topliss-reactive ketones (excluding diaryl/α,β-unsaturated/α-hetero) is 1. The second-order valence-electron chi connectivity index (χ2n) is 7.16. The van der Waals surface area contributed by atoms with Gasteiger partial charge in [0.25, 0.3) is 0 Å². The second-order valence-corrected chi connectivity index (χ2v) is 7.16. The first-order valence-electron chi connectivity index (χ1n) is 9.77. The van der Waals surface area contributed by atoms with Crippen molar-refractivity contribution in [3.8, 4) is 0 Å². The van der Waals surface area contributed by atoms with Gasteiger partial charge in [-0.05, 0) is 43.0 Å². The van der Waals surface area contributed by atoms with Gasteiger partial charge in [0.15, 0.2) is 5.78 Å². The fourth-order valence-corrected chi connectivity index (χ4v) is 3.65. The number of carbonyl (C=O) groups is 3. The van der Waals surface area contributed by atoms with Crippen LogP contribution in [0.4, 0.5) is 11.4 Å². The van der Waals surface area contributed by atoms with Crippen LogP contribution in [0.15, 0.2) is 42.5 Å². The van der Waals surface area contributed by atoms with Gasteiger partial charge in [-0.2, -0.15) is 0 Å². The van der Waals surface area contributed by atoms with Crippen LogP contribution in [0.3, 0.4) is 0 Å². The maximum atomic E-state index is 12.9. The normalized spacial score (nSPS) is 16.3. The zero-order chi connectivity index (χ0) is 20.3. The Balaban J connectivity index is 1.78. The molecule has 1 saturated heterocycles. The minimum Gasteiger partial charge on any atom is -0.325 e. The van der Waals surface area contributed by atoms with Crippen LogP contribution >= 0.6 is 0 Å². The van der Waals surface area contributed by atoms with E-state index in [1.807, 2.05) is 18.2 Å². The van der Waals surface area contributed by atoms with E-state index in [2.05, 4.69) is 19.2 Å². The summed E-state index contributed by atoms with van der Waals surface area (Å²) in [5.41, 5.74) is 4.30. The highest BCUT2D eigenvalue weighted by molar-refractivity contribution is 6.04. The Labute approximate surface area is 165 Å². The van der Waals surface area contributed by atoms with E-state index in [-0.39, 0.29) is 24.0 Å². The number of hydrogen-bond acceptors (Lipinski definition) is 3. The maximum absolute atomic E-state index is 12.9. The highest BCUT2D eigenvalue weighted by atomic mass is 16.2. The first kappa shape index (κ1) is 19.8. The van der Waals surface area contributed by atoms with Gasteiger partial charge in [-0.15, -0.1) is 0 Å². The minimum absolute atomic E-state index is 0.0499. The van der Waals surface area contributed by atoms with Crippen molar-refractivity contribution in [2.45, 2.75) is 40.0 Å². The van der Waals surface area contributed by atoms with E-state index in [4.69, 9.17) is 0 Å². The minimum atomic E-state index is -0.414. The topological polar surface area (TPSA) is 66.5 Å². The molecule has 1 unspecified atom stereocenters. The molecule has 1 N–H and O–H groups in total. The molecule has 5 heteroatoms. The Morgan fingerprint density at radius 3 is 2.32 bits per heavy atom. The number of ketones is 1. The van der Waals surface area contributed by atoms with Crippen molar-refractivity contribution in [1.29, 1.82) is 0 Å². The van der Waals surface area contributed by atoms with Gasteiger partial charge in [0.05, 0.1) is 5.92 Å². The second kappa shape index (κ2) is 8.38. The van der Waals surface area contributed by atoms with Gasteiger partial charge in [-0.1, -0.05) is 44.2 Å². The predicted molar refractivity (Wildman–Crippen MR) is 111 cm³/mol. The Bertz CT molecular complexity index is 898. The Morgan fingerprint density at radius 2 is 1.71 bits per heavy atom. The highest BCUT2D eigenvalue weighted by Crippen LogP contribution is 2.28. The average Bonchev–Trinajstić information content (AvgIpc) is 3.10. The molecule has 0 bridgehead atoms. The molecule has 0 spiro atoms. The van der Waals surface area contributed by atoms with E-state index in [9.17, 15) is 14.4 Å². The Kier molecular flexibility index (Phi) is 5.93. The number of aryl methyl sites for hydroxylation is 2. The quantitative estimate of drug-likeness (QED) is 0.773. The van der Waals surface area contributed by atoms with Crippen molar-refractivity contribution in [3.63, 3.8) is 0 Å². The van der Waals surface area contributed by atoms with Gasteiger partial charge in [-0.3, -0.25) is 14.4 Å². The van der Waals surface area contributed by atoms with Crippen LogP contribution in [0.25, 0.3) is 0 Å². The number of nitrogens with zero attached hydrogens (tertiary/aromatic N) is 1. The molecule has 2 amide bonds. The number of nitrogens with one attached hydrogen (secondary N) is 1. The molecule has 1 heterocycles. The molecule has 0 aromatic heterocycles. The van der Waals surface area contributed by atoms with Crippen molar-refractivity contribution < 1.29 is 14.4 Å². The summed E-state index contributed by atoms with van der Waals surface area (Å²) in [7, 11) is 0. The zero-order valence-corrected chi connectivity index (χ0v) is 16.6. The van der Waals surface area contributed by atoms with E-state index in [1.54, 1.807) is 29.2 Å². The molecule has 0 saturated carbocycles. The van der Waals surface area contributed by atoms with Crippen LogP contribution in [0.5, 0.6) is 0 Å². The van der Waals surface area contributed by atoms with Gasteiger partial charge in [-0.25, -0.2) is 0 Å². The van der Waals surface area contributed by atoms with Crippen LogP contribution in [0, 0.1) is 5.92 Å². The van der Waals surface area contributed by atoms with Crippen molar-refractivity contribution in [3.05, 3.63) is 59.2 Å². The molecule has 2 aromatic rings. The lowest BCUT2D eigenvalue weighted by molar-refractivity contribution is -0.122. The highest BCUT2D eigenvalue weighted by Gasteiger charge is 2.35. The Morgan fingerprint density at radius 1 is 1.07 bits per heavy atom. The monoisotopic (exact) mass is 378 g/mol. The summed E-state index contributed by atoms with van der Waals surface area (Å²) >= 11 is 0. The van der Waals surface area contributed by atoms with Gasteiger partial charge in [0.1, 0.15) is 0 Å². The van der Waals surface area contributed by atoms with Crippen molar-refractivity contribution in [2.75, 3.05) is 16.8 Å². The number of carbonyl (C=O) groups excluding carboxylic acids is 3. The molecule has 0 radical (unpaired) electrons. The fraction of sp³-hybridized carbons (Fsp3) is 0.348. The number of anilines is 2. The standard InChI is InChI=1S/C23H26N2O3/c1-4-16-8-6-9-17(5-2)22(16)24-23(28)19-13-21(27)25(14-19)20-11-7-10-18(12-20)15(3)26/h6-12,19H,4-5,13-14H2,1-3H3,(H,24,28). The lowest BCUT2D eigenvalue weighted by Crippen LogP contribution is -2.28. The van der Waals surface area contributed by atoms with Crippen LogP contribution in [0.1, 0.15) is 48.7 Å². The van der Waals surface area contributed by atoms with Crippen molar-refractivity contribution in [1.82, 2.24) is 0 Å². The largest absolute Gasteiger partial charge is 0.325 e. The van der Waals surface area contributed by atoms with Crippen molar-refractivity contribution in [2.24, 2.45) is 5.92 Å². The number of rotatable bonds is 6. The summed E-state index contributed by atoms with van der Waals surface area (Å²) in [5, 5.41) is 3.07. The third-order valence-corrected chi connectivity index (χ3v) is 5.31. The number of para-hydroxylation sites is 1. The molecule has 1 aliphatic rings. The number of hydrogen-bond donors (Lipinski definition) is 1. The van der Waals surface area contributed by atoms with Gasteiger partial charge in [0, 0.05) is 29.9 Å². The zero-order valence-electron chi connectivity index (χ0n) is 16.6. The van der Waals surface area contributed by atoms with E-state index in [1.165, 1.54) is 6.92 Å². The number of benzene rings is 2. The number of amides is 2. The predicted octanol–water partition coefficient (Wildman–Crippen LogP) is 4.01. The maximum Gasteiger partial charge on any atom is 0.229 e. The molecule has 1 fully saturated rings. The molecular formula is C23H26N2O3. The smallest absolute Gasteiger partial charge is 0.229 e. The average molecular weight is 378 g/mol. The lowest BCUT2D eigenvalue weighted by Gasteiger charge is -2.19. The summed E-state index contributed by atoms with van der Waals surface area (Å²) in [5.74, 6) is -0.691.